The Morgan fingerprint density at radius 3 is 2.58 bits per heavy atom. The molecule has 3 rings (SSSR count). The largest absolute Gasteiger partial charge is 0.286 e. The number of benzene rings is 1. The Balaban J connectivity index is 1.85. The van der Waals surface area contributed by atoms with Crippen LogP contribution in [0.1, 0.15) is 25.8 Å². The van der Waals surface area contributed by atoms with Crippen molar-refractivity contribution in [3.05, 3.63) is 60.2 Å². The molecule has 1 atom stereocenters. The first-order valence-electron chi connectivity index (χ1n) is 6.89. The lowest BCUT2D eigenvalue weighted by Crippen LogP contribution is -2.44. The molecule has 0 spiro atoms. The Labute approximate surface area is 115 Å². The molecule has 2 aliphatic rings. The van der Waals surface area contributed by atoms with Crippen molar-refractivity contribution in [2.45, 2.75) is 32.4 Å². The number of nitrogens with zero attached hydrogens (tertiary/aromatic N) is 2. The summed E-state index contributed by atoms with van der Waals surface area (Å²) in [5, 5.41) is 7.03. The molecular weight excluding hydrogens is 232 g/mol. The molecule has 0 fully saturated rings. The summed E-state index contributed by atoms with van der Waals surface area (Å²) in [6, 6.07) is 10.6. The number of hydrogen-bond acceptors (Lipinski definition) is 2. The van der Waals surface area contributed by atoms with Crippen LogP contribution in [0.2, 0.25) is 0 Å². The fraction of sp³-hybridized carbons (Fsp3) is 0.353. The quantitative estimate of drug-likeness (QED) is 0.799. The van der Waals surface area contributed by atoms with Crippen molar-refractivity contribution in [2.24, 2.45) is 11.0 Å². The highest BCUT2D eigenvalue weighted by Crippen LogP contribution is 2.38. The monoisotopic (exact) mass is 252 g/mol. The summed E-state index contributed by atoms with van der Waals surface area (Å²) >= 11 is 0. The summed E-state index contributed by atoms with van der Waals surface area (Å²) in [4.78, 5) is 0. The number of rotatable bonds is 3. The molecule has 98 valence electrons. The first kappa shape index (κ1) is 12.2. The van der Waals surface area contributed by atoms with Gasteiger partial charge in [-0.1, -0.05) is 54.6 Å². The molecule has 1 unspecified atom stereocenters. The maximum absolute atomic E-state index is 4.76. The van der Waals surface area contributed by atoms with E-state index in [1.54, 1.807) is 0 Å². The van der Waals surface area contributed by atoms with Gasteiger partial charge in [0.05, 0.1) is 12.1 Å². The molecule has 19 heavy (non-hydrogen) atoms. The molecule has 0 amide bonds. The minimum atomic E-state index is 0.0728. The fourth-order valence-electron chi connectivity index (χ4n) is 3.07. The predicted octanol–water partition coefficient (Wildman–Crippen LogP) is 3.77. The van der Waals surface area contributed by atoms with Gasteiger partial charge in [-0.15, -0.1) is 0 Å². The van der Waals surface area contributed by atoms with Crippen molar-refractivity contribution in [1.82, 2.24) is 5.01 Å². The van der Waals surface area contributed by atoms with Gasteiger partial charge in [-0.25, -0.2) is 0 Å². The van der Waals surface area contributed by atoms with E-state index in [9.17, 15) is 0 Å². The van der Waals surface area contributed by atoms with Crippen LogP contribution in [0, 0.1) is 5.92 Å². The second-order valence-electron chi connectivity index (χ2n) is 5.71. The van der Waals surface area contributed by atoms with Crippen LogP contribution in [-0.4, -0.2) is 16.3 Å². The third-order valence-electron chi connectivity index (χ3n) is 4.14. The Morgan fingerprint density at radius 2 is 1.89 bits per heavy atom. The number of allylic oxidation sites excluding steroid dienone is 2. The minimum Gasteiger partial charge on any atom is -0.286 e. The van der Waals surface area contributed by atoms with Crippen LogP contribution in [-0.2, 0) is 6.54 Å². The van der Waals surface area contributed by atoms with Gasteiger partial charge in [0.25, 0.3) is 0 Å². The zero-order valence-corrected chi connectivity index (χ0v) is 11.6. The maximum atomic E-state index is 4.76. The Kier molecular flexibility index (Phi) is 3.02. The summed E-state index contributed by atoms with van der Waals surface area (Å²) in [5.74, 6) is 0.456. The van der Waals surface area contributed by atoms with Gasteiger partial charge in [0.15, 0.2) is 0 Å². The Bertz CT molecular complexity index is 530. The zero-order chi connectivity index (χ0) is 13.3. The summed E-state index contributed by atoms with van der Waals surface area (Å²) in [7, 11) is 0. The van der Waals surface area contributed by atoms with E-state index in [1.165, 1.54) is 11.3 Å². The lowest BCUT2D eigenvalue weighted by molar-refractivity contribution is 0.102. The van der Waals surface area contributed by atoms with Gasteiger partial charge in [-0.3, -0.25) is 5.01 Å². The molecule has 0 aromatic heterocycles. The van der Waals surface area contributed by atoms with E-state index >= 15 is 0 Å². The molecule has 1 heterocycles. The lowest BCUT2D eigenvalue weighted by Gasteiger charge is -2.38. The van der Waals surface area contributed by atoms with Crippen LogP contribution in [0.5, 0.6) is 0 Å². The van der Waals surface area contributed by atoms with E-state index in [-0.39, 0.29) is 5.54 Å². The minimum absolute atomic E-state index is 0.0728. The van der Waals surface area contributed by atoms with Crippen LogP contribution in [0.3, 0.4) is 0 Å². The Morgan fingerprint density at radius 1 is 1.21 bits per heavy atom. The van der Waals surface area contributed by atoms with Crippen LogP contribution in [0.25, 0.3) is 0 Å². The molecule has 0 bridgehead atoms. The summed E-state index contributed by atoms with van der Waals surface area (Å²) in [5.41, 5.74) is 2.62. The summed E-state index contributed by atoms with van der Waals surface area (Å²) < 4.78 is 0. The zero-order valence-electron chi connectivity index (χ0n) is 11.6. The molecule has 0 saturated carbocycles. The van der Waals surface area contributed by atoms with Crippen molar-refractivity contribution in [3.8, 4) is 0 Å². The van der Waals surface area contributed by atoms with Gasteiger partial charge in [-0.05, 0) is 19.4 Å². The van der Waals surface area contributed by atoms with Crippen LogP contribution in [0.15, 0.2) is 59.7 Å². The molecule has 2 nitrogen and oxygen atoms in total. The first-order chi connectivity index (χ1) is 9.18. The van der Waals surface area contributed by atoms with Gasteiger partial charge in [0.2, 0.25) is 0 Å². The molecule has 1 aromatic carbocycles. The highest BCUT2D eigenvalue weighted by atomic mass is 15.5. The second-order valence-corrected chi connectivity index (χ2v) is 5.71. The van der Waals surface area contributed by atoms with Gasteiger partial charge < -0.3 is 0 Å². The van der Waals surface area contributed by atoms with Crippen molar-refractivity contribution < 1.29 is 0 Å². The van der Waals surface area contributed by atoms with Gasteiger partial charge in [0, 0.05) is 18.1 Å². The lowest BCUT2D eigenvalue weighted by atomic mass is 9.82. The highest BCUT2D eigenvalue weighted by molar-refractivity contribution is 5.84. The molecule has 1 aliphatic carbocycles. The molecule has 0 saturated heterocycles. The van der Waals surface area contributed by atoms with Gasteiger partial charge in [0.1, 0.15) is 0 Å². The fourth-order valence-corrected chi connectivity index (χ4v) is 3.07. The van der Waals surface area contributed by atoms with E-state index in [2.05, 4.69) is 73.5 Å². The van der Waals surface area contributed by atoms with E-state index in [1.807, 2.05) is 0 Å². The maximum Gasteiger partial charge on any atom is 0.0704 e. The predicted molar refractivity (Wildman–Crippen MR) is 79.9 cm³/mol. The van der Waals surface area contributed by atoms with E-state index in [0.717, 1.165) is 13.0 Å². The number of hydrazone groups is 1. The molecule has 0 radical (unpaired) electrons. The van der Waals surface area contributed by atoms with Crippen molar-refractivity contribution in [1.29, 1.82) is 0 Å². The van der Waals surface area contributed by atoms with E-state index in [0.29, 0.717) is 5.92 Å². The molecular formula is C17H20N2. The third-order valence-corrected chi connectivity index (χ3v) is 4.14. The normalized spacial score (nSPS) is 26.2. The summed E-state index contributed by atoms with van der Waals surface area (Å²) in [6.07, 6.45) is 9.89. The van der Waals surface area contributed by atoms with E-state index < -0.39 is 0 Å². The second kappa shape index (κ2) is 4.69. The third kappa shape index (κ3) is 2.23. The molecule has 1 aliphatic heterocycles. The van der Waals surface area contributed by atoms with Gasteiger partial charge in [-0.2, -0.15) is 5.10 Å². The van der Waals surface area contributed by atoms with Crippen LogP contribution in [0.4, 0.5) is 0 Å². The van der Waals surface area contributed by atoms with E-state index in [4.69, 9.17) is 5.10 Å². The average Bonchev–Trinajstić information content (AvgIpc) is 3.01. The molecule has 0 N–H and O–H groups in total. The standard InChI is InChI=1S/C17H20N2/c1-14-12-17(2,16-10-6-7-11-16)19(18-14)13-15-8-4-3-5-9-15/h3-11,16H,12-13H2,1-2H3. The Hall–Kier alpha value is -1.83. The topological polar surface area (TPSA) is 15.6 Å². The molecule has 2 heteroatoms. The highest BCUT2D eigenvalue weighted by Gasteiger charge is 2.42. The SMILES string of the molecule is CC1=NN(Cc2ccccc2)C(C)(C2C=CC=C2)C1. The molecule has 1 aromatic rings. The van der Waals surface area contributed by atoms with Crippen molar-refractivity contribution >= 4 is 5.71 Å². The average molecular weight is 252 g/mol. The summed E-state index contributed by atoms with van der Waals surface area (Å²) in [6.45, 7) is 5.33. The van der Waals surface area contributed by atoms with Gasteiger partial charge >= 0.3 is 0 Å². The van der Waals surface area contributed by atoms with Crippen LogP contribution < -0.4 is 0 Å². The van der Waals surface area contributed by atoms with Crippen LogP contribution >= 0.6 is 0 Å². The van der Waals surface area contributed by atoms with Crippen molar-refractivity contribution in [3.63, 3.8) is 0 Å². The number of hydrogen-bond donors (Lipinski definition) is 0. The first-order valence-corrected chi connectivity index (χ1v) is 6.89. The van der Waals surface area contributed by atoms with Crippen molar-refractivity contribution in [2.75, 3.05) is 0 Å². The smallest absolute Gasteiger partial charge is 0.0704 e.